The van der Waals surface area contributed by atoms with Crippen LogP contribution in [-0.4, -0.2) is 49.0 Å². The van der Waals surface area contributed by atoms with E-state index >= 15 is 0 Å². The van der Waals surface area contributed by atoms with E-state index in [1.165, 1.54) is 30.8 Å². The van der Waals surface area contributed by atoms with E-state index in [2.05, 4.69) is 5.32 Å². The maximum atomic E-state index is 12.2. The summed E-state index contributed by atoms with van der Waals surface area (Å²) >= 11 is 1.24. The summed E-state index contributed by atoms with van der Waals surface area (Å²) in [6.07, 6.45) is 0. The first-order valence-corrected chi connectivity index (χ1v) is 9.64. The summed E-state index contributed by atoms with van der Waals surface area (Å²) in [6, 6.07) is 5.27. The standard InChI is InChI=1S/C14H19N3O5S2/c1-9-3-5-11(6-4-9)24(20,21)22-17-13(19)12(15)14(17)23-8-7-16-10(2)18/h3-6,12,14H,7-8,15H2,1-2H3,(H,16,18). The molecule has 1 aliphatic rings. The van der Waals surface area contributed by atoms with E-state index in [-0.39, 0.29) is 10.8 Å². The van der Waals surface area contributed by atoms with E-state index in [4.69, 9.17) is 10.0 Å². The molecule has 0 aromatic heterocycles. The van der Waals surface area contributed by atoms with Gasteiger partial charge in [-0.1, -0.05) is 17.7 Å². The van der Waals surface area contributed by atoms with Crippen LogP contribution in [0.5, 0.6) is 0 Å². The van der Waals surface area contributed by atoms with Crippen LogP contribution in [0.15, 0.2) is 29.2 Å². The smallest absolute Gasteiger partial charge is 0.317 e. The highest BCUT2D eigenvalue weighted by Gasteiger charge is 2.49. The monoisotopic (exact) mass is 373 g/mol. The Morgan fingerprint density at radius 2 is 2.00 bits per heavy atom. The molecule has 2 atom stereocenters. The molecule has 2 rings (SSSR count). The summed E-state index contributed by atoms with van der Waals surface area (Å²) in [4.78, 5) is 22.6. The van der Waals surface area contributed by atoms with Crippen molar-refractivity contribution in [3.8, 4) is 0 Å². The van der Waals surface area contributed by atoms with Crippen molar-refractivity contribution in [2.24, 2.45) is 5.73 Å². The van der Waals surface area contributed by atoms with Gasteiger partial charge in [0.15, 0.2) is 0 Å². The Hall–Kier alpha value is -1.62. The molecule has 1 fully saturated rings. The van der Waals surface area contributed by atoms with Crippen LogP contribution in [0.1, 0.15) is 12.5 Å². The fourth-order valence-corrected chi connectivity index (χ4v) is 4.02. The van der Waals surface area contributed by atoms with Gasteiger partial charge >= 0.3 is 10.1 Å². The van der Waals surface area contributed by atoms with Gasteiger partial charge in [0.2, 0.25) is 5.91 Å². The molecule has 0 aliphatic carbocycles. The van der Waals surface area contributed by atoms with Crippen LogP contribution in [0, 0.1) is 6.92 Å². The topological polar surface area (TPSA) is 119 Å². The summed E-state index contributed by atoms with van der Waals surface area (Å²) in [7, 11) is -4.10. The lowest BCUT2D eigenvalue weighted by molar-refractivity contribution is -0.181. The third-order valence-corrected chi connectivity index (χ3v) is 5.77. The number of hydroxylamine groups is 2. The van der Waals surface area contributed by atoms with Gasteiger partial charge < -0.3 is 11.1 Å². The Balaban J connectivity index is 1.99. The van der Waals surface area contributed by atoms with Gasteiger partial charge in [-0.25, -0.2) is 0 Å². The van der Waals surface area contributed by atoms with Gasteiger partial charge in [-0.05, 0) is 19.1 Å². The number of nitrogens with two attached hydrogens (primary N) is 1. The molecule has 1 saturated heterocycles. The fraction of sp³-hybridized carbons (Fsp3) is 0.429. The quantitative estimate of drug-likeness (QED) is 0.509. The van der Waals surface area contributed by atoms with E-state index in [0.29, 0.717) is 12.3 Å². The average molecular weight is 373 g/mol. The van der Waals surface area contributed by atoms with E-state index < -0.39 is 27.4 Å². The van der Waals surface area contributed by atoms with Gasteiger partial charge in [0.25, 0.3) is 5.91 Å². The van der Waals surface area contributed by atoms with E-state index in [1.54, 1.807) is 12.1 Å². The molecule has 1 aromatic rings. The first kappa shape index (κ1) is 18.7. The Morgan fingerprint density at radius 3 is 2.58 bits per heavy atom. The molecule has 2 unspecified atom stereocenters. The number of nitrogens with zero attached hydrogens (tertiary/aromatic N) is 1. The van der Waals surface area contributed by atoms with Crippen LogP contribution in [0.3, 0.4) is 0 Å². The maximum Gasteiger partial charge on any atom is 0.317 e. The Labute approximate surface area is 144 Å². The van der Waals surface area contributed by atoms with Crippen LogP contribution in [0.4, 0.5) is 0 Å². The number of hydrogen-bond acceptors (Lipinski definition) is 7. The van der Waals surface area contributed by atoms with Gasteiger partial charge in [-0.3, -0.25) is 9.59 Å². The molecule has 1 aromatic carbocycles. The number of rotatable bonds is 7. The molecule has 0 radical (unpaired) electrons. The average Bonchev–Trinajstić information content (AvgIpc) is 2.53. The summed E-state index contributed by atoms with van der Waals surface area (Å²) in [5.74, 6) is -0.294. The number of benzene rings is 1. The van der Waals surface area contributed by atoms with Crippen molar-refractivity contribution >= 4 is 33.7 Å². The molecule has 132 valence electrons. The molecule has 8 nitrogen and oxygen atoms in total. The van der Waals surface area contributed by atoms with Gasteiger partial charge in [0.1, 0.15) is 11.4 Å². The minimum atomic E-state index is -4.10. The van der Waals surface area contributed by atoms with Crippen LogP contribution in [-0.2, 0) is 24.0 Å². The molecule has 1 aliphatic heterocycles. The van der Waals surface area contributed by atoms with Crippen LogP contribution < -0.4 is 11.1 Å². The minimum Gasteiger partial charge on any atom is -0.356 e. The predicted octanol–water partition coefficient (Wildman–Crippen LogP) is -0.0198. The molecule has 3 N–H and O–H groups in total. The highest BCUT2D eigenvalue weighted by molar-refractivity contribution is 8.00. The zero-order valence-electron chi connectivity index (χ0n) is 13.3. The van der Waals surface area contributed by atoms with Crippen molar-refractivity contribution in [3.05, 3.63) is 29.8 Å². The van der Waals surface area contributed by atoms with E-state index in [9.17, 15) is 18.0 Å². The second-order valence-electron chi connectivity index (χ2n) is 5.28. The largest absolute Gasteiger partial charge is 0.356 e. The number of carbonyl (C=O) groups excluding carboxylic acids is 2. The second-order valence-corrected chi connectivity index (χ2v) is 8.03. The summed E-state index contributed by atoms with van der Waals surface area (Å²) in [5.41, 5.74) is 6.61. The van der Waals surface area contributed by atoms with E-state index in [0.717, 1.165) is 10.6 Å². The Bertz CT molecular complexity index is 720. The summed E-state index contributed by atoms with van der Waals surface area (Å²) in [5, 5.41) is 2.76. The molecule has 1 heterocycles. The number of aryl methyl sites for hydroxylation is 1. The normalized spacial score (nSPS) is 20.6. The second kappa shape index (κ2) is 7.51. The summed E-state index contributed by atoms with van der Waals surface area (Å²) < 4.78 is 29.4. The Kier molecular flexibility index (Phi) is 5.86. The van der Waals surface area contributed by atoms with Gasteiger partial charge in [0, 0.05) is 19.2 Å². The van der Waals surface area contributed by atoms with Crippen molar-refractivity contribution in [2.45, 2.75) is 30.2 Å². The fourth-order valence-electron chi connectivity index (χ4n) is 1.97. The lowest BCUT2D eigenvalue weighted by Crippen LogP contribution is -2.67. The first-order valence-electron chi connectivity index (χ1n) is 7.18. The first-order chi connectivity index (χ1) is 11.2. The van der Waals surface area contributed by atoms with Crippen molar-refractivity contribution in [1.29, 1.82) is 0 Å². The molecular weight excluding hydrogens is 354 g/mol. The molecule has 2 amide bonds. The van der Waals surface area contributed by atoms with E-state index in [1.807, 2.05) is 6.92 Å². The number of amides is 2. The lowest BCUT2D eigenvalue weighted by atomic mass is 10.2. The molecule has 0 saturated carbocycles. The van der Waals surface area contributed by atoms with Crippen molar-refractivity contribution in [1.82, 2.24) is 10.4 Å². The third kappa shape index (κ3) is 4.26. The third-order valence-electron chi connectivity index (χ3n) is 3.29. The van der Waals surface area contributed by atoms with Gasteiger partial charge in [-0.2, -0.15) is 13.5 Å². The minimum absolute atomic E-state index is 0.0385. The van der Waals surface area contributed by atoms with Crippen LogP contribution in [0.2, 0.25) is 0 Å². The predicted molar refractivity (Wildman–Crippen MR) is 89.2 cm³/mol. The van der Waals surface area contributed by atoms with Gasteiger partial charge in [0.05, 0.1) is 4.90 Å². The molecule has 10 heteroatoms. The van der Waals surface area contributed by atoms with Crippen LogP contribution >= 0.6 is 11.8 Å². The van der Waals surface area contributed by atoms with Crippen molar-refractivity contribution in [3.63, 3.8) is 0 Å². The number of nitrogens with one attached hydrogen (secondary N) is 1. The molecule has 0 spiro atoms. The zero-order chi connectivity index (χ0) is 17.9. The van der Waals surface area contributed by atoms with Crippen molar-refractivity contribution in [2.75, 3.05) is 12.3 Å². The number of carbonyl (C=O) groups is 2. The number of β-lactam (4-membered cyclic amide) rings is 1. The number of hydrogen-bond donors (Lipinski definition) is 2. The SMILES string of the molecule is CC(=O)NCCSC1C(N)C(=O)N1OS(=O)(=O)c1ccc(C)cc1. The Morgan fingerprint density at radius 1 is 1.38 bits per heavy atom. The molecular formula is C14H19N3O5S2. The number of thioether (sulfide) groups is 1. The van der Waals surface area contributed by atoms with Crippen LogP contribution in [0.25, 0.3) is 0 Å². The molecule has 24 heavy (non-hydrogen) atoms. The summed E-state index contributed by atoms with van der Waals surface area (Å²) in [6.45, 7) is 3.61. The highest BCUT2D eigenvalue weighted by atomic mass is 32.2. The lowest BCUT2D eigenvalue weighted by Gasteiger charge is -2.42. The highest BCUT2D eigenvalue weighted by Crippen LogP contribution is 2.31. The maximum absolute atomic E-state index is 12.2. The van der Waals surface area contributed by atoms with Gasteiger partial charge in [-0.15, -0.1) is 16.0 Å². The molecule has 0 bridgehead atoms. The van der Waals surface area contributed by atoms with Crippen molar-refractivity contribution < 1.29 is 22.3 Å². The zero-order valence-corrected chi connectivity index (χ0v) is 14.9.